The number of methoxy groups -OCH3 is 1. The third kappa shape index (κ3) is 6.37. The number of carbonyl (C=O) groups is 1. The first-order chi connectivity index (χ1) is 17.4. The number of hydrogen-bond donors (Lipinski definition) is 1. The molecule has 9 heteroatoms. The number of rotatable bonds is 7. The van der Waals surface area contributed by atoms with Crippen LogP contribution in [0.25, 0.3) is 12.2 Å². The number of benzene rings is 1. The van der Waals surface area contributed by atoms with E-state index in [4.69, 9.17) is 9.26 Å². The Kier molecular flexibility index (Phi) is 8.85. The summed E-state index contributed by atoms with van der Waals surface area (Å²) in [6.07, 6.45) is 12.6. The van der Waals surface area contributed by atoms with E-state index < -0.39 is 10.0 Å². The van der Waals surface area contributed by atoms with Crippen molar-refractivity contribution in [3.05, 3.63) is 41.3 Å². The minimum Gasteiger partial charge on any atom is -0.497 e. The molecule has 2 fully saturated rings. The summed E-state index contributed by atoms with van der Waals surface area (Å²) in [4.78, 5) is 13.0. The Morgan fingerprint density at radius 3 is 2.31 bits per heavy atom. The molecule has 1 amide bonds. The summed E-state index contributed by atoms with van der Waals surface area (Å²) < 4.78 is 39.0. The fraction of sp³-hybridized carbons (Fsp3) is 0.556. The van der Waals surface area contributed by atoms with E-state index in [9.17, 15) is 13.2 Å². The van der Waals surface area contributed by atoms with Gasteiger partial charge in [0, 0.05) is 25.0 Å². The largest absolute Gasteiger partial charge is 0.497 e. The van der Waals surface area contributed by atoms with Gasteiger partial charge in [0.2, 0.25) is 15.9 Å². The second kappa shape index (κ2) is 12.1. The minimum absolute atomic E-state index is 0.0712. The third-order valence-electron chi connectivity index (χ3n) is 7.25. The number of amides is 1. The average molecular weight is 516 g/mol. The Morgan fingerprint density at radius 2 is 1.67 bits per heavy atom. The molecule has 0 atom stereocenters. The van der Waals surface area contributed by atoms with E-state index in [0.717, 1.165) is 37.0 Å². The molecule has 1 aliphatic heterocycles. The number of sulfonamides is 1. The van der Waals surface area contributed by atoms with E-state index in [1.54, 1.807) is 26.2 Å². The van der Waals surface area contributed by atoms with Crippen molar-refractivity contribution in [2.24, 2.45) is 5.92 Å². The third-order valence-corrected chi connectivity index (χ3v) is 9.31. The molecule has 8 nitrogen and oxygen atoms in total. The maximum Gasteiger partial charge on any atom is 0.248 e. The second-order valence-electron chi connectivity index (χ2n) is 9.80. The van der Waals surface area contributed by atoms with Gasteiger partial charge in [-0.2, -0.15) is 4.31 Å². The molecule has 0 bridgehead atoms. The normalized spacial score (nSPS) is 19.2. The zero-order valence-corrected chi connectivity index (χ0v) is 22.1. The van der Waals surface area contributed by atoms with Gasteiger partial charge in [-0.15, -0.1) is 0 Å². The molecule has 2 aliphatic rings. The lowest BCUT2D eigenvalue weighted by Gasteiger charge is -2.31. The van der Waals surface area contributed by atoms with Crippen LogP contribution in [0.2, 0.25) is 0 Å². The van der Waals surface area contributed by atoms with Crippen molar-refractivity contribution in [1.29, 1.82) is 0 Å². The van der Waals surface area contributed by atoms with Gasteiger partial charge in [-0.05, 0) is 56.4 Å². The van der Waals surface area contributed by atoms with Crippen LogP contribution in [-0.2, 0) is 14.8 Å². The summed E-state index contributed by atoms with van der Waals surface area (Å²) in [6, 6.07) is 7.67. The molecule has 1 aromatic carbocycles. The van der Waals surface area contributed by atoms with Crippen molar-refractivity contribution in [1.82, 2.24) is 14.8 Å². The van der Waals surface area contributed by atoms with Crippen molar-refractivity contribution in [2.45, 2.75) is 75.6 Å². The first kappa shape index (κ1) is 26.4. The van der Waals surface area contributed by atoms with Gasteiger partial charge in [0.1, 0.15) is 11.4 Å². The van der Waals surface area contributed by atoms with Crippen LogP contribution >= 0.6 is 0 Å². The van der Waals surface area contributed by atoms with Crippen LogP contribution in [0.3, 0.4) is 0 Å². The smallest absolute Gasteiger partial charge is 0.248 e. The highest BCUT2D eigenvalue weighted by atomic mass is 32.2. The summed E-state index contributed by atoms with van der Waals surface area (Å²) >= 11 is 0. The Bertz CT molecular complexity index is 1140. The van der Waals surface area contributed by atoms with Gasteiger partial charge < -0.3 is 14.6 Å². The molecule has 0 spiro atoms. The fourth-order valence-corrected chi connectivity index (χ4v) is 6.81. The lowest BCUT2D eigenvalue weighted by atomic mass is 9.94. The van der Waals surface area contributed by atoms with Gasteiger partial charge >= 0.3 is 0 Å². The molecule has 0 unspecified atom stereocenters. The van der Waals surface area contributed by atoms with E-state index in [-0.39, 0.29) is 28.5 Å². The van der Waals surface area contributed by atoms with Crippen molar-refractivity contribution < 1.29 is 22.5 Å². The Morgan fingerprint density at radius 1 is 1.03 bits per heavy atom. The zero-order chi connectivity index (χ0) is 25.5. The number of aromatic nitrogens is 1. The van der Waals surface area contributed by atoms with E-state index in [0.29, 0.717) is 31.6 Å². The molecule has 1 saturated carbocycles. The fourth-order valence-electron chi connectivity index (χ4n) is 5.09. The van der Waals surface area contributed by atoms with Crippen LogP contribution in [-0.4, -0.2) is 50.0 Å². The van der Waals surface area contributed by atoms with Gasteiger partial charge in [0.05, 0.1) is 7.11 Å². The van der Waals surface area contributed by atoms with Gasteiger partial charge in [-0.3, -0.25) is 4.79 Å². The maximum atomic E-state index is 13.5. The molecule has 4 rings (SSSR count). The Hall–Kier alpha value is -2.65. The highest BCUT2D eigenvalue weighted by Gasteiger charge is 2.36. The molecule has 0 radical (unpaired) electrons. The Labute approximate surface area is 214 Å². The van der Waals surface area contributed by atoms with Crippen LogP contribution in [0.1, 0.15) is 74.8 Å². The van der Waals surface area contributed by atoms with Crippen molar-refractivity contribution in [3.63, 3.8) is 0 Å². The van der Waals surface area contributed by atoms with Gasteiger partial charge in [0.15, 0.2) is 10.7 Å². The highest BCUT2D eigenvalue weighted by Crippen LogP contribution is 2.30. The molecule has 1 saturated heterocycles. The molecule has 2 aromatic rings. The molecule has 2 heterocycles. The Balaban J connectivity index is 1.39. The molecule has 1 N–H and O–H groups in total. The van der Waals surface area contributed by atoms with Gasteiger partial charge in [-0.25, -0.2) is 8.42 Å². The van der Waals surface area contributed by atoms with E-state index in [1.807, 2.05) is 24.3 Å². The molecule has 36 heavy (non-hydrogen) atoms. The maximum absolute atomic E-state index is 13.5. The van der Waals surface area contributed by atoms with E-state index >= 15 is 0 Å². The topological polar surface area (TPSA) is 102 Å². The van der Waals surface area contributed by atoms with Crippen LogP contribution < -0.4 is 10.1 Å². The number of nitrogens with zero attached hydrogens (tertiary/aromatic N) is 2. The molecular weight excluding hydrogens is 478 g/mol. The number of ether oxygens (including phenoxy) is 1. The first-order valence-corrected chi connectivity index (χ1v) is 14.4. The monoisotopic (exact) mass is 515 g/mol. The quantitative estimate of drug-likeness (QED) is 0.569. The standard InChI is InChI=1S/C27H37N3O5S/c1-20-26(25(35-29-20)15-12-21-10-13-24(34-2)14-11-21)36(32,33)30-18-16-22(17-19-30)27(31)28-23-8-6-4-3-5-7-9-23/h10-15,22-23H,3-9,16-19H2,1-2H3,(H,28,31). The second-order valence-corrected chi connectivity index (χ2v) is 11.7. The molecular formula is C27H37N3O5S. The number of hydrogen-bond acceptors (Lipinski definition) is 6. The predicted molar refractivity (Wildman–Crippen MR) is 139 cm³/mol. The summed E-state index contributed by atoms with van der Waals surface area (Å²) in [7, 11) is -2.20. The van der Waals surface area contributed by atoms with Crippen molar-refractivity contribution >= 4 is 28.1 Å². The average Bonchev–Trinajstić information content (AvgIpc) is 3.25. The summed E-state index contributed by atoms with van der Waals surface area (Å²) in [5.41, 5.74) is 1.21. The molecule has 1 aromatic heterocycles. The predicted octanol–water partition coefficient (Wildman–Crippen LogP) is 4.79. The molecule has 1 aliphatic carbocycles. The van der Waals surface area contributed by atoms with E-state index in [2.05, 4.69) is 10.5 Å². The van der Waals surface area contributed by atoms with Crippen molar-refractivity contribution in [3.8, 4) is 5.75 Å². The highest BCUT2D eigenvalue weighted by molar-refractivity contribution is 7.89. The van der Waals surface area contributed by atoms with Crippen LogP contribution in [0, 0.1) is 12.8 Å². The number of aryl methyl sites for hydroxylation is 1. The van der Waals surface area contributed by atoms with Crippen LogP contribution in [0.5, 0.6) is 5.75 Å². The first-order valence-electron chi connectivity index (χ1n) is 13.0. The van der Waals surface area contributed by atoms with Crippen LogP contribution in [0.15, 0.2) is 33.7 Å². The van der Waals surface area contributed by atoms with Crippen LogP contribution in [0.4, 0.5) is 0 Å². The minimum atomic E-state index is -3.81. The number of piperidine rings is 1. The summed E-state index contributed by atoms with van der Waals surface area (Å²) in [5.74, 6) is 0.863. The van der Waals surface area contributed by atoms with Gasteiger partial charge in [-0.1, -0.05) is 55.5 Å². The lowest BCUT2D eigenvalue weighted by Crippen LogP contribution is -2.45. The van der Waals surface area contributed by atoms with E-state index in [1.165, 1.54) is 23.6 Å². The zero-order valence-electron chi connectivity index (χ0n) is 21.2. The molecule has 196 valence electrons. The summed E-state index contributed by atoms with van der Waals surface area (Å²) in [6.45, 7) is 2.24. The van der Waals surface area contributed by atoms with Crippen molar-refractivity contribution in [2.75, 3.05) is 20.2 Å². The van der Waals surface area contributed by atoms with Gasteiger partial charge in [0.25, 0.3) is 0 Å². The number of carbonyl (C=O) groups excluding carboxylic acids is 1. The summed E-state index contributed by atoms with van der Waals surface area (Å²) in [5, 5.41) is 7.17. The lowest BCUT2D eigenvalue weighted by molar-refractivity contribution is -0.127. The SMILES string of the molecule is COc1ccc(C=Cc2onc(C)c2S(=O)(=O)N2CCC(C(=O)NC3CCCCCCC3)CC2)cc1. The number of nitrogens with one attached hydrogen (secondary N) is 1.